The fourth-order valence-corrected chi connectivity index (χ4v) is 5.92. The SMILES string of the molecule is CCOC(=O)[C@@]1(C(=O)[C@H](N)Cc2ccc(C)c(C(N)=NS(=O)(=O)c3ccc4c(c3)CNCC4)c2)CC=CCN1. The molecule has 0 aromatic heterocycles. The monoisotopic (exact) mass is 553 g/mol. The van der Waals surface area contributed by atoms with Crippen LogP contribution in [0.2, 0.25) is 0 Å². The molecular formula is C28H35N5O5S. The highest BCUT2D eigenvalue weighted by molar-refractivity contribution is 7.90. The van der Waals surface area contributed by atoms with Gasteiger partial charge in [0.2, 0.25) is 0 Å². The quantitative estimate of drug-likeness (QED) is 0.117. The Morgan fingerprint density at radius 3 is 2.67 bits per heavy atom. The summed E-state index contributed by atoms with van der Waals surface area (Å²) < 4.78 is 35.3. The number of Topliss-reactive ketones (excluding diaryl/α,β-unsaturated/α-hetero) is 1. The molecule has 2 aliphatic rings. The topological polar surface area (TPSA) is 166 Å². The Bertz CT molecular complexity index is 1440. The molecule has 0 saturated heterocycles. The van der Waals surface area contributed by atoms with E-state index in [2.05, 4.69) is 15.0 Å². The second-order valence-corrected chi connectivity index (χ2v) is 11.4. The number of nitrogens with one attached hydrogen (secondary N) is 2. The maximum absolute atomic E-state index is 13.4. The molecule has 0 amide bonds. The number of ether oxygens (including phenoxy) is 1. The van der Waals surface area contributed by atoms with Crippen LogP contribution in [0.5, 0.6) is 0 Å². The van der Waals surface area contributed by atoms with Crippen molar-refractivity contribution in [1.29, 1.82) is 0 Å². The van der Waals surface area contributed by atoms with Crippen LogP contribution in [0.3, 0.4) is 0 Å². The molecule has 2 aromatic rings. The Morgan fingerprint density at radius 1 is 1.15 bits per heavy atom. The molecule has 0 fully saturated rings. The standard InChI is InChI=1S/C28H35N5O5S/c1-3-38-27(35)28(11-4-5-12-32-28)25(34)24(29)15-19-7-6-18(2)23(14-19)26(30)33-39(36,37)22-9-8-20-10-13-31-17-21(20)16-22/h4-9,14,16,24,31-32H,3,10-13,15,17,29H2,1-2H3,(H2,30,33)/t24-,28+/m1/s1. The number of carbonyl (C=O) groups is 2. The Hall–Kier alpha value is -3.38. The normalized spacial score (nSPS) is 20.2. The van der Waals surface area contributed by atoms with E-state index in [0.717, 1.165) is 24.1 Å². The number of ketones is 1. The van der Waals surface area contributed by atoms with Crippen molar-refractivity contribution >= 4 is 27.6 Å². The van der Waals surface area contributed by atoms with Crippen LogP contribution in [-0.2, 0) is 43.7 Å². The Balaban J connectivity index is 1.57. The van der Waals surface area contributed by atoms with Crippen LogP contribution in [-0.4, -0.2) is 57.3 Å². The lowest BCUT2D eigenvalue weighted by atomic mass is 9.82. The van der Waals surface area contributed by atoms with Gasteiger partial charge in [0.05, 0.1) is 17.5 Å². The van der Waals surface area contributed by atoms with Gasteiger partial charge in [-0.05, 0) is 73.7 Å². The zero-order valence-electron chi connectivity index (χ0n) is 22.2. The second-order valence-electron chi connectivity index (χ2n) is 9.82. The number of benzene rings is 2. The molecule has 6 N–H and O–H groups in total. The molecule has 2 aromatic carbocycles. The maximum Gasteiger partial charge on any atom is 0.334 e. The summed E-state index contributed by atoms with van der Waals surface area (Å²) in [5, 5.41) is 6.22. The fourth-order valence-electron chi connectivity index (χ4n) is 4.93. The molecule has 10 nitrogen and oxygen atoms in total. The predicted molar refractivity (Wildman–Crippen MR) is 149 cm³/mol. The fraction of sp³-hybridized carbons (Fsp3) is 0.393. The summed E-state index contributed by atoms with van der Waals surface area (Å²) in [7, 11) is -4.05. The number of nitrogens with zero attached hydrogens (tertiary/aromatic N) is 1. The molecule has 4 rings (SSSR count). The number of fused-ring (bicyclic) bond motifs is 1. The van der Waals surface area contributed by atoms with Gasteiger partial charge in [0.1, 0.15) is 5.84 Å². The maximum atomic E-state index is 13.4. The number of hydrogen-bond donors (Lipinski definition) is 4. The van der Waals surface area contributed by atoms with Crippen LogP contribution in [0.1, 0.15) is 41.2 Å². The summed E-state index contributed by atoms with van der Waals surface area (Å²) in [6.07, 6.45) is 4.69. The molecule has 208 valence electrons. The third kappa shape index (κ3) is 6.11. The summed E-state index contributed by atoms with van der Waals surface area (Å²) in [5.41, 5.74) is 14.8. The van der Waals surface area contributed by atoms with Crippen molar-refractivity contribution in [2.75, 3.05) is 19.7 Å². The van der Waals surface area contributed by atoms with Gasteiger partial charge in [0.25, 0.3) is 10.0 Å². The first kappa shape index (κ1) is 28.6. The van der Waals surface area contributed by atoms with Gasteiger partial charge in [0.15, 0.2) is 11.3 Å². The molecule has 0 aliphatic carbocycles. The van der Waals surface area contributed by atoms with E-state index in [-0.39, 0.29) is 30.2 Å². The minimum Gasteiger partial charge on any atom is -0.464 e. The molecule has 2 heterocycles. The molecular weight excluding hydrogens is 518 g/mol. The van der Waals surface area contributed by atoms with Crippen molar-refractivity contribution < 1.29 is 22.7 Å². The van der Waals surface area contributed by atoms with Crippen molar-refractivity contribution in [2.45, 2.75) is 56.1 Å². The number of hydrogen-bond acceptors (Lipinski definition) is 8. The first-order valence-electron chi connectivity index (χ1n) is 13.0. The zero-order valence-corrected chi connectivity index (χ0v) is 23.0. The summed E-state index contributed by atoms with van der Waals surface area (Å²) in [6.45, 7) is 5.40. The molecule has 0 spiro atoms. The van der Waals surface area contributed by atoms with E-state index in [9.17, 15) is 18.0 Å². The minimum atomic E-state index is -4.05. The lowest BCUT2D eigenvalue weighted by Crippen LogP contribution is -2.64. The average molecular weight is 554 g/mol. The number of amidine groups is 1. The van der Waals surface area contributed by atoms with E-state index >= 15 is 0 Å². The van der Waals surface area contributed by atoms with Gasteiger partial charge in [-0.2, -0.15) is 8.42 Å². The molecule has 11 heteroatoms. The largest absolute Gasteiger partial charge is 0.464 e. The van der Waals surface area contributed by atoms with Gasteiger partial charge in [0, 0.05) is 25.1 Å². The van der Waals surface area contributed by atoms with Crippen LogP contribution < -0.4 is 22.1 Å². The van der Waals surface area contributed by atoms with Crippen molar-refractivity contribution in [1.82, 2.24) is 10.6 Å². The van der Waals surface area contributed by atoms with E-state index in [0.29, 0.717) is 29.8 Å². The summed E-state index contributed by atoms with van der Waals surface area (Å²) >= 11 is 0. The third-order valence-electron chi connectivity index (χ3n) is 7.11. The molecule has 39 heavy (non-hydrogen) atoms. The number of sulfonamides is 1. The van der Waals surface area contributed by atoms with Crippen LogP contribution in [0, 0.1) is 6.92 Å². The highest BCUT2D eigenvalue weighted by Gasteiger charge is 2.48. The average Bonchev–Trinajstić information content (AvgIpc) is 2.93. The van der Waals surface area contributed by atoms with Crippen molar-refractivity contribution in [3.05, 3.63) is 76.4 Å². The van der Waals surface area contributed by atoms with Crippen LogP contribution >= 0.6 is 0 Å². The Kier molecular flexibility index (Phi) is 8.65. The first-order chi connectivity index (χ1) is 18.6. The van der Waals surface area contributed by atoms with Gasteiger partial charge in [-0.3, -0.25) is 10.1 Å². The second kappa shape index (κ2) is 11.8. The minimum absolute atomic E-state index is 0.0765. The number of esters is 1. The first-order valence-corrected chi connectivity index (χ1v) is 14.4. The van der Waals surface area contributed by atoms with E-state index in [1.807, 2.05) is 12.1 Å². The van der Waals surface area contributed by atoms with Crippen LogP contribution in [0.15, 0.2) is 57.8 Å². The third-order valence-corrected chi connectivity index (χ3v) is 8.39. The van der Waals surface area contributed by atoms with Gasteiger partial charge < -0.3 is 21.5 Å². The molecule has 2 aliphatic heterocycles. The van der Waals surface area contributed by atoms with Crippen molar-refractivity contribution in [3.8, 4) is 0 Å². The van der Waals surface area contributed by atoms with E-state index in [4.69, 9.17) is 16.2 Å². The van der Waals surface area contributed by atoms with E-state index in [1.165, 1.54) is 0 Å². The number of aryl methyl sites for hydroxylation is 1. The van der Waals surface area contributed by atoms with Gasteiger partial charge in [-0.1, -0.05) is 30.4 Å². The Labute approximate surface area is 228 Å². The zero-order chi connectivity index (χ0) is 28.2. The number of carbonyl (C=O) groups excluding carboxylic acids is 2. The Morgan fingerprint density at radius 2 is 1.95 bits per heavy atom. The van der Waals surface area contributed by atoms with E-state index in [1.54, 1.807) is 50.3 Å². The highest BCUT2D eigenvalue weighted by atomic mass is 32.2. The van der Waals surface area contributed by atoms with Crippen molar-refractivity contribution in [2.24, 2.45) is 15.9 Å². The van der Waals surface area contributed by atoms with Gasteiger partial charge >= 0.3 is 5.97 Å². The van der Waals surface area contributed by atoms with Gasteiger partial charge in [-0.25, -0.2) is 4.79 Å². The van der Waals surface area contributed by atoms with Gasteiger partial charge in [-0.15, -0.1) is 4.40 Å². The molecule has 2 atom stereocenters. The molecule has 0 radical (unpaired) electrons. The highest BCUT2D eigenvalue weighted by Crippen LogP contribution is 2.23. The lowest BCUT2D eigenvalue weighted by Gasteiger charge is -2.34. The summed E-state index contributed by atoms with van der Waals surface area (Å²) in [6, 6.07) is 9.22. The lowest BCUT2D eigenvalue weighted by molar-refractivity contribution is -0.155. The molecule has 0 bridgehead atoms. The van der Waals surface area contributed by atoms with E-state index < -0.39 is 33.4 Å². The predicted octanol–water partition coefficient (Wildman–Crippen LogP) is 1.03. The number of rotatable bonds is 9. The smallest absolute Gasteiger partial charge is 0.334 e. The summed E-state index contributed by atoms with van der Waals surface area (Å²) in [5.74, 6) is -1.29. The van der Waals surface area contributed by atoms with Crippen molar-refractivity contribution in [3.63, 3.8) is 0 Å². The number of nitrogens with two attached hydrogens (primary N) is 2. The van der Waals surface area contributed by atoms with Crippen LogP contribution in [0.25, 0.3) is 0 Å². The molecule has 0 unspecified atom stereocenters. The van der Waals surface area contributed by atoms with Crippen LogP contribution in [0.4, 0.5) is 0 Å². The molecule has 0 saturated carbocycles. The summed E-state index contributed by atoms with van der Waals surface area (Å²) in [4.78, 5) is 26.2.